The van der Waals surface area contributed by atoms with Crippen LogP contribution < -0.4 is 16.0 Å². The summed E-state index contributed by atoms with van der Waals surface area (Å²) in [7, 11) is 0. The van der Waals surface area contributed by atoms with Crippen LogP contribution in [0.3, 0.4) is 0 Å². The SMILES string of the molecule is CCNC(=NCCC(=O)NCc1ccccc1)NC1CC=CC1. The third-order valence-electron chi connectivity index (χ3n) is 3.63. The molecule has 1 aromatic rings. The van der Waals surface area contributed by atoms with Gasteiger partial charge in [0, 0.05) is 25.6 Å². The molecule has 0 heterocycles. The Kier molecular flexibility index (Phi) is 7.17. The van der Waals surface area contributed by atoms with Crippen LogP contribution in [0.15, 0.2) is 47.5 Å². The molecule has 0 aromatic heterocycles. The van der Waals surface area contributed by atoms with Crippen LogP contribution >= 0.6 is 0 Å². The highest BCUT2D eigenvalue weighted by Gasteiger charge is 2.11. The van der Waals surface area contributed by atoms with E-state index in [9.17, 15) is 4.79 Å². The third kappa shape index (κ3) is 6.55. The Morgan fingerprint density at radius 2 is 1.91 bits per heavy atom. The molecule has 0 saturated heterocycles. The van der Waals surface area contributed by atoms with E-state index in [1.54, 1.807) is 0 Å². The molecule has 1 aliphatic rings. The number of amides is 1. The summed E-state index contributed by atoms with van der Waals surface area (Å²) in [5, 5.41) is 9.53. The first-order valence-corrected chi connectivity index (χ1v) is 8.28. The second-order valence-electron chi connectivity index (χ2n) is 5.56. The van der Waals surface area contributed by atoms with Crippen molar-refractivity contribution in [2.24, 2.45) is 4.99 Å². The minimum Gasteiger partial charge on any atom is -0.357 e. The molecule has 0 aliphatic heterocycles. The summed E-state index contributed by atoms with van der Waals surface area (Å²) in [6.07, 6.45) is 6.81. The zero-order valence-corrected chi connectivity index (χ0v) is 13.7. The molecule has 0 unspecified atom stereocenters. The highest BCUT2D eigenvalue weighted by atomic mass is 16.1. The van der Waals surface area contributed by atoms with Gasteiger partial charge in [-0.3, -0.25) is 9.79 Å². The molecule has 2 rings (SSSR count). The van der Waals surface area contributed by atoms with Crippen LogP contribution in [0.25, 0.3) is 0 Å². The zero-order chi connectivity index (χ0) is 16.3. The lowest BCUT2D eigenvalue weighted by Gasteiger charge is -2.16. The zero-order valence-electron chi connectivity index (χ0n) is 13.7. The molecular formula is C18H26N4O. The van der Waals surface area contributed by atoms with E-state index in [0.717, 1.165) is 30.9 Å². The number of hydrogen-bond donors (Lipinski definition) is 3. The van der Waals surface area contributed by atoms with Crippen LogP contribution in [0.4, 0.5) is 0 Å². The molecule has 0 saturated carbocycles. The highest BCUT2D eigenvalue weighted by molar-refractivity contribution is 5.81. The van der Waals surface area contributed by atoms with Crippen molar-refractivity contribution in [3.05, 3.63) is 48.0 Å². The second-order valence-corrected chi connectivity index (χ2v) is 5.56. The minimum absolute atomic E-state index is 0.0241. The summed E-state index contributed by atoms with van der Waals surface area (Å²) in [4.78, 5) is 16.3. The van der Waals surface area contributed by atoms with Gasteiger partial charge in [-0.2, -0.15) is 0 Å². The monoisotopic (exact) mass is 314 g/mol. The fraction of sp³-hybridized carbons (Fsp3) is 0.444. The Balaban J connectivity index is 1.70. The van der Waals surface area contributed by atoms with Crippen molar-refractivity contribution in [3.8, 4) is 0 Å². The van der Waals surface area contributed by atoms with E-state index in [4.69, 9.17) is 0 Å². The van der Waals surface area contributed by atoms with Gasteiger partial charge in [0.15, 0.2) is 5.96 Å². The average Bonchev–Trinajstić information content (AvgIpc) is 3.07. The Labute approximate surface area is 138 Å². The minimum atomic E-state index is 0.0241. The number of carbonyl (C=O) groups is 1. The van der Waals surface area contributed by atoms with Crippen molar-refractivity contribution in [2.45, 2.75) is 38.8 Å². The molecule has 1 aromatic carbocycles. The van der Waals surface area contributed by atoms with E-state index in [0.29, 0.717) is 25.6 Å². The maximum Gasteiger partial charge on any atom is 0.222 e. The standard InChI is InChI=1S/C18H26N4O/c1-2-19-18(22-16-10-6-7-11-16)20-13-12-17(23)21-14-15-8-4-3-5-9-15/h3-9,16H,2,10-14H2,1H3,(H,21,23)(H2,19,20,22). The largest absolute Gasteiger partial charge is 0.357 e. The normalized spacial score (nSPS) is 14.7. The highest BCUT2D eigenvalue weighted by Crippen LogP contribution is 2.08. The van der Waals surface area contributed by atoms with Crippen LogP contribution in [0, 0.1) is 0 Å². The summed E-state index contributed by atoms with van der Waals surface area (Å²) >= 11 is 0. The maximum absolute atomic E-state index is 11.9. The first kappa shape index (κ1) is 17.1. The smallest absolute Gasteiger partial charge is 0.222 e. The molecule has 5 nitrogen and oxygen atoms in total. The average molecular weight is 314 g/mol. The van der Waals surface area contributed by atoms with Crippen molar-refractivity contribution < 1.29 is 4.79 Å². The fourth-order valence-corrected chi connectivity index (χ4v) is 2.40. The lowest BCUT2D eigenvalue weighted by Crippen LogP contribution is -2.42. The predicted octanol–water partition coefficient (Wildman–Crippen LogP) is 1.97. The van der Waals surface area contributed by atoms with Crippen LogP contribution in [-0.2, 0) is 11.3 Å². The van der Waals surface area contributed by atoms with Crippen molar-refractivity contribution >= 4 is 11.9 Å². The van der Waals surface area contributed by atoms with E-state index < -0.39 is 0 Å². The van der Waals surface area contributed by atoms with Crippen LogP contribution in [0.5, 0.6) is 0 Å². The number of guanidine groups is 1. The van der Waals surface area contributed by atoms with E-state index in [-0.39, 0.29) is 5.91 Å². The Morgan fingerprint density at radius 3 is 2.61 bits per heavy atom. The fourth-order valence-electron chi connectivity index (χ4n) is 2.40. The summed E-state index contributed by atoms with van der Waals surface area (Å²) in [5.74, 6) is 0.813. The Bertz CT molecular complexity index is 531. The van der Waals surface area contributed by atoms with Crippen LogP contribution in [-0.4, -0.2) is 31.0 Å². The number of nitrogens with zero attached hydrogens (tertiary/aromatic N) is 1. The molecule has 3 N–H and O–H groups in total. The third-order valence-corrected chi connectivity index (χ3v) is 3.63. The quantitative estimate of drug-likeness (QED) is 0.409. The molecule has 0 spiro atoms. The molecule has 0 radical (unpaired) electrons. The first-order valence-electron chi connectivity index (χ1n) is 8.28. The van der Waals surface area contributed by atoms with Gasteiger partial charge in [0.25, 0.3) is 0 Å². The van der Waals surface area contributed by atoms with E-state index in [2.05, 4.69) is 33.1 Å². The van der Waals surface area contributed by atoms with Crippen molar-refractivity contribution in [1.82, 2.24) is 16.0 Å². The van der Waals surface area contributed by atoms with Gasteiger partial charge < -0.3 is 16.0 Å². The lowest BCUT2D eigenvalue weighted by atomic mass is 10.2. The van der Waals surface area contributed by atoms with Gasteiger partial charge in [-0.1, -0.05) is 42.5 Å². The predicted molar refractivity (Wildman–Crippen MR) is 94.2 cm³/mol. The maximum atomic E-state index is 11.9. The molecular weight excluding hydrogens is 288 g/mol. The number of hydrogen-bond acceptors (Lipinski definition) is 2. The number of rotatable bonds is 7. The van der Waals surface area contributed by atoms with Crippen LogP contribution in [0.1, 0.15) is 31.7 Å². The van der Waals surface area contributed by atoms with E-state index in [1.165, 1.54) is 0 Å². The Hall–Kier alpha value is -2.30. The molecule has 1 amide bonds. The molecule has 124 valence electrons. The van der Waals surface area contributed by atoms with Gasteiger partial charge >= 0.3 is 0 Å². The van der Waals surface area contributed by atoms with Gasteiger partial charge in [0.2, 0.25) is 5.91 Å². The Morgan fingerprint density at radius 1 is 1.17 bits per heavy atom. The molecule has 1 aliphatic carbocycles. The lowest BCUT2D eigenvalue weighted by molar-refractivity contribution is -0.121. The van der Waals surface area contributed by atoms with Gasteiger partial charge in [0.1, 0.15) is 0 Å². The van der Waals surface area contributed by atoms with Crippen molar-refractivity contribution in [1.29, 1.82) is 0 Å². The van der Waals surface area contributed by atoms with E-state index in [1.807, 2.05) is 37.3 Å². The van der Waals surface area contributed by atoms with Gasteiger partial charge in [-0.15, -0.1) is 0 Å². The molecule has 5 heteroatoms. The molecule has 0 bridgehead atoms. The van der Waals surface area contributed by atoms with Crippen LogP contribution in [0.2, 0.25) is 0 Å². The van der Waals surface area contributed by atoms with Gasteiger partial charge in [-0.05, 0) is 25.3 Å². The summed E-state index contributed by atoms with van der Waals surface area (Å²) in [6.45, 7) is 3.90. The van der Waals surface area contributed by atoms with E-state index >= 15 is 0 Å². The summed E-state index contributed by atoms with van der Waals surface area (Å²) in [5.41, 5.74) is 1.10. The number of benzene rings is 1. The van der Waals surface area contributed by atoms with Gasteiger partial charge in [-0.25, -0.2) is 0 Å². The topological polar surface area (TPSA) is 65.5 Å². The number of aliphatic imine (C=N–C) groups is 1. The van der Waals surface area contributed by atoms with Crippen molar-refractivity contribution in [3.63, 3.8) is 0 Å². The number of carbonyl (C=O) groups excluding carboxylic acids is 1. The molecule has 0 fully saturated rings. The molecule has 23 heavy (non-hydrogen) atoms. The summed E-state index contributed by atoms with van der Waals surface area (Å²) < 4.78 is 0. The van der Waals surface area contributed by atoms with Gasteiger partial charge in [0.05, 0.1) is 6.54 Å². The second kappa shape index (κ2) is 9.66. The molecule has 0 atom stereocenters. The summed E-state index contributed by atoms with van der Waals surface area (Å²) in [6, 6.07) is 10.3. The van der Waals surface area contributed by atoms with Crippen molar-refractivity contribution in [2.75, 3.05) is 13.1 Å². The number of nitrogens with one attached hydrogen (secondary N) is 3. The first-order chi connectivity index (χ1) is 11.3.